The number of carbonyl (C=O) groups excluding carboxylic acids is 1. The first-order valence-electron chi connectivity index (χ1n) is 6.91. The molecule has 0 bridgehead atoms. The highest BCUT2D eigenvalue weighted by Gasteiger charge is 2.38. The van der Waals surface area contributed by atoms with Crippen LogP contribution in [0.5, 0.6) is 0 Å². The number of rotatable bonds is 2. The normalized spacial score (nSPS) is 25.9. The highest BCUT2D eigenvalue weighted by atomic mass is 16.6. The second-order valence-corrected chi connectivity index (χ2v) is 5.89. The van der Waals surface area contributed by atoms with Crippen LogP contribution in [0.2, 0.25) is 0 Å². The lowest BCUT2D eigenvalue weighted by Gasteiger charge is -2.28. The number of hydrogen-bond acceptors (Lipinski definition) is 4. The summed E-state index contributed by atoms with van der Waals surface area (Å²) in [4.78, 5) is 11.9. The summed E-state index contributed by atoms with van der Waals surface area (Å²) in [6, 6.07) is 5.63. The predicted octanol–water partition coefficient (Wildman–Crippen LogP) is 1.33. The third kappa shape index (κ3) is 2.12. The van der Waals surface area contributed by atoms with Gasteiger partial charge in [0.1, 0.15) is 6.10 Å². The second kappa shape index (κ2) is 4.84. The van der Waals surface area contributed by atoms with Crippen molar-refractivity contribution in [2.45, 2.75) is 31.4 Å². The molecular formula is C15H20N2O3. The molecule has 5 nitrogen and oxygen atoms in total. The Balaban J connectivity index is 1.89. The van der Waals surface area contributed by atoms with E-state index in [1.165, 1.54) is 0 Å². The number of benzene rings is 1. The molecule has 5 heteroatoms. The minimum atomic E-state index is -0.519. The summed E-state index contributed by atoms with van der Waals surface area (Å²) < 4.78 is 11.1. The smallest absolute Gasteiger partial charge is 0.234 e. The topological polar surface area (TPSA) is 73.6 Å². The lowest BCUT2D eigenvalue weighted by molar-refractivity contribution is -0.119. The number of hydrogen-bond donors (Lipinski definition) is 2. The van der Waals surface area contributed by atoms with Gasteiger partial charge in [0.2, 0.25) is 5.91 Å². The van der Waals surface area contributed by atoms with Crippen LogP contribution in [0.1, 0.15) is 31.0 Å². The first-order valence-corrected chi connectivity index (χ1v) is 6.91. The van der Waals surface area contributed by atoms with Gasteiger partial charge < -0.3 is 20.5 Å². The number of nitrogens with two attached hydrogens (primary N) is 1. The van der Waals surface area contributed by atoms with Crippen LogP contribution in [-0.2, 0) is 19.7 Å². The molecular weight excluding hydrogens is 256 g/mol. The third-order valence-electron chi connectivity index (χ3n) is 4.16. The molecule has 3 rings (SSSR count). The molecule has 1 fully saturated rings. The lowest BCUT2D eigenvalue weighted by Crippen LogP contribution is -2.37. The van der Waals surface area contributed by atoms with Crippen LogP contribution in [0, 0.1) is 0 Å². The van der Waals surface area contributed by atoms with Crippen molar-refractivity contribution in [3.05, 3.63) is 29.3 Å². The molecule has 2 aliphatic rings. The minimum absolute atomic E-state index is 0.0236. The van der Waals surface area contributed by atoms with Gasteiger partial charge in [-0.15, -0.1) is 0 Å². The summed E-state index contributed by atoms with van der Waals surface area (Å²) >= 11 is 0. The molecule has 2 heterocycles. The summed E-state index contributed by atoms with van der Waals surface area (Å²) in [5, 5.41) is 2.90. The third-order valence-corrected chi connectivity index (χ3v) is 4.16. The Hall–Kier alpha value is -1.43. The largest absolute Gasteiger partial charge is 0.376 e. The molecule has 1 aromatic carbocycles. The average Bonchev–Trinajstić information content (AvgIpc) is 2.69. The van der Waals surface area contributed by atoms with E-state index in [1.54, 1.807) is 0 Å². The van der Waals surface area contributed by atoms with Crippen molar-refractivity contribution in [3.63, 3.8) is 0 Å². The van der Waals surface area contributed by atoms with E-state index in [4.69, 9.17) is 15.2 Å². The van der Waals surface area contributed by atoms with Gasteiger partial charge >= 0.3 is 0 Å². The van der Waals surface area contributed by atoms with Gasteiger partial charge in [-0.05, 0) is 31.0 Å². The highest BCUT2D eigenvalue weighted by molar-refractivity contribution is 6.05. The zero-order valence-electron chi connectivity index (χ0n) is 11.8. The van der Waals surface area contributed by atoms with Crippen molar-refractivity contribution < 1.29 is 14.3 Å². The van der Waals surface area contributed by atoms with Crippen LogP contribution in [0.3, 0.4) is 0 Å². The number of anilines is 1. The monoisotopic (exact) mass is 276 g/mol. The fraction of sp³-hybridized carbons (Fsp3) is 0.533. The zero-order valence-corrected chi connectivity index (χ0v) is 11.8. The maximum Gasteiger partial charge on any atom is 0.234 e. The van der Waals surface area contributed by atoms with Crippen molar-refractivity contribution in [2.75, 3.05) is 25.1 Å². The second-order valence-electron chi connectivity index (χ2n) is 5.89. The quantitative estimate of drug-likeness (QED) is 0.854. The summed E-state index contributed by atoms with van der Waals surface area (Å²) in [5.41, 5.74) is 8.60. The summed E-state index contributed by atoms with van der Waals surface area (Å²) in [6.45, 7) is 5.56. The molecule has 0 aliphatic carbocycles. The molecule has 1 saturated heterocycles. The van der Waals surface area contributed by atoms with Crippen molar-refractivity contribution in [1.29, 1.82) is 0 Å². The van der Waals surface area contributed by atoms with Gasteiger partial charge in [0.25, 0.3) is 0 Å². The molecule has 1 amide bonds. The van der Waals surface area contributed by atoms with Crippen LogP contribution >= 0.6 is 0 Å². The molecule has 2 atom stereocenters. The Morgan fingerprint density at radius 3 is 2.90 bits per heavy atom. The number of fused-ring (bicyclic) bond motifs is 1. The molecule has 2 unspecified atom stereocenters. The Morgan fingerprint density at radius 1 is 1.40 bits per heavy atom. The standard InChI is InChI=1S/C15H20N2O3/c1-15(2)10-7-9(3-4-11(10)17-14(15)18)13(16)12-8-19-5-6-20-12/h3-4,7,12-13H,5-6,8,16H2,1-2H3,(H,17,18). The van der Waals surface area contributed by atoms with E-state index in [-0.39, 0.29) is 18.1 Å². The van der Waals surface area contributed by atoms with Crippen LogP contribution in [-0.4, -0.2) is 31.8 Å². The molecule has 108 valence electrons. The van der Waals surface area contributed by atoms with Crippen LogP contribution in [0.15, 0.2) is 18.2 Å². The molecule has 0 saturated carbocycles. The molecule has 0 radical (unpaired) electrons. The van der Waals surface area contributed by atoms with Gasteiger partial charge in [-0.3, -0.25) is 4.79 Å². The average molecular weight is 276 g/mol. The van der Waals surface area contributed by atoms with E-state index in [9.17, 15) is 4.79 Å². The predicted molar refractivity (Wildman–Crippen MR) is 75.6 cm³/mol. The number of ether oxygens (including phenoxy) is 2. The molecule has 1 aromatic rings. The number of carbonyl (C=O) groups is 1. The SMILES string of the molecule is CC1(C)C(=O)Nc2ccc(C(N)C3COCCO3)cc21. The fourth-order valence-corrected chi connectivity index (χ4v) is 2.72. The van der Waals surface area contributed by atoms with Gasteiger partial charge in [-0.1, -0.05) is 12.1 Å². The van der Waals surface area contributed by atoms with Crippen molar-refractivity contribution in [3.8, 4) is 0 Å². The van der Waals surface area contributed by atoms with E-state index in [2.05, 4.69) is 5.32 Å². The lowest BCUT2D eigenvalue weighted by atomic mass is 9.84. The Labute approximate surface area is 118 Å². The number of amides is 1. The molecule has 0 spiro atoms. The molecule has 0 aromatic heterocycles. The van der Waals surface area contributed by atoms with E-state index < -0.39 is 5.41 Å². The maximum absolute atomic E-state index is 11.9. The first kappa shape index (κ1) is 13.5. The van der Waals surface area contributed by atoms with Gasteiger partial charge in [0.15, 0.2) is 0 Å². The summed E-state index contributed by atoms with van der Waals surface area (Å²) in [6.07, 6.45) is -0.130. The van der Waals surface area contributed by atoms with Gasteiger partial charge in [0, 0.05) is 5.69 Å². The van der Waals surface area contributed by atoms with Crippen molar-refractivity contribution in [1.82, 2.24) is 0 Å². The first-order chi connectivity index (χ1) is 9.50. The molecule has 2 aliphatic heterocycles. The Bertz CT molecular complexity index is 536. The van der Waals surface area contributed by atoms with Crippen molar-refractivity contribution in [2.24, 2.45) is 5.73 Å². The highest BCUT2D eigenvalue weighted by Crippen LogP contribution is 2.38. The van der Waals surface area contributed by atoms with Gasteiger partial charge in [-0.2, -0.15) is 0 Å². The maximum atomic E-state index is 11.9. The van der Waals surface area contributed by atoms with E-state index in [1.807, 2.05) is 32.0 Å². The van der Waals surface area contributed by atoms with E-state index in [0.29, 0.717) is 19.8 Å². The molecule has 20 heavy (non-hydrogen) atoms. The number of nitrogens with one attached hydrogen (secondary N) is 1. The summed E-state index contributed by atoms with van der Waals surface area (Å²) in [5.74, 6) is 0.0236. The van der Waals surface area contributed by atoms with Crippen LogP contribution in [0.4, 0.5) is 5.69 Å². The zero-order chi connectivity index (χ0) is 14.3. The Kier molecular flexibility index (Phi) is 3.28. The minimum Gasteiger partial charge on any atom is -0.376 e. The Morgan fingerprint density at radius 2 is 2.20 bits per heavy atom. The van der Waals surface area contributed by atoms with E-state index in [0.717, 1.165) is 16.8 Å². The van der Waals surface area contributed by atoms with Gasteiger partial charge in [0.05, 0.1) is 31.3 Å². The van der Waals surface area contributed by atoms with Crippen LogP contribution < -0.4 is 11.1 Å². The van der Waals surface area contributed by atoms with Crippen molar-refractivity contribution >= 4 is 11.6 Å². The van der Waals surface area contributed by atoms with E-state index >= 15 is 0 Å². The summed E-state index contributed by atoms with van der Waals surface area (Å²) in [7, 11) is 0. The molecule has 3 N–H and O–H groups in total. The van der Waals surface area contributed by atoms with Crippen LogP contribution in [0.25, 0.3) is 0 Å². The fourth-order valence-electron chi connectivity index (χ4n) is 2.72. The van der Waals surface area contributed by atoms with Gasteiger partial charge in [-0.25, -0.2) is 0 Å².